The first-order valence-corrected chi connectivity index (χ1v) is 10.9. The highest BCUT2D eigenvalue weighted by Gasteiger charge is 2.38. The predicted molar refractivity (Wildman–Crippen MR) is 125 cm³/mol. The van der Waals surface area contributed by atoms with Gasteiger partial charge in [-0.2, -0.15) is 4.98 Å². The molecule has 0 spiro atoms. The molecule has 1 aliphatic rings. The van der Waals surface area contributed by atoms with Crippen molar-refractivity contribution in [2.45, 2.75) is 19.3 Å². The van der Waals surface area contributed by atoms with Crippen molar-refractivity contribution >= 4 is 22.5 Å². The van der Waals surface area contributed by atoms with Gasteiger partial charge in [0.2, 0.25) is 6.35 Å². The van der Waals surface area contributed by atoms with Crippen LogP contribution in [-0.2, 0) is 6.54 Å². The van der Waals surface area contributed by atoms with Crippen molar-refractivity contribution in [3.63, 3.8) is 0 Å². The first kappa shape index (κ1) is 23.5. The Morgan fingerprint density at radius 3 is 2.42 bits per heavy atom. The molecule has 1 unspecified atom stereocenters. The zero-order valence-electron chi connectivity index (χ0n) is 19.2. The van der Waals surface area contributed by atoms with Gasteiger partial charge in [-0.1, -0.05) is 42.5 Å². The van der Waals surface area contributed by atoms with Gasteiger partial charge in [0.25, 0.3) is 5.91 Å². The Hall–Kier alpha value is -4.25. The van der Waals surface area contributed by atoms with Crippen molar-refractivity contribution in [1.82, 2.24) is 14.5 Å². The van der Waals surface area contributed by atoms with Crippen molar-refractivity contribution in [2.24, 2.45) is 0 Å². The summed E-state index contributed by atoms with van der Waals surface area (Å²) in [6.07, 6.45) is -6.10. The minimum absolute atomic E-state index is 0.0278. The molecule has 4 aromatic rings. The standard InChI is InChI=1S/C25H21F3N4O4/c1-30-21-20(22(33)31(2)24(30)34)32(14-15-10-11-16-6-3-4-7-17(16)12-15)23(29-21)35-18-8-5-9-19(13-18)36-25(26,27)28/h3-13,24,34H,14H2,1-2H3. The summed E-state index contributed by atoms with van der Waals surface area (Å²) in [6, 6.07) is 18.6. The van der Waals surface area contributed by atoms with Crippen LogP contribution in [0.2, 0.25) is 0 Å². The maximum Gasteiger partial charge on any atom is 0.573 e. The van der Waals surface area contributed by atoms with E-state index in [0.29, 0.717) is 0 Å². The normalized spacial score (nSPS) is 15.8. The Balaban J connectivity index is 1.58. The summed E-state index contributed by atoms with van der Waals surface area (Å²) in [6.45, 7) is 0.185. The highest BCUT2D eigenvalue weighted by atomic mass is 19.4. The molecule has 0 radical (unpaired) electrons. The number of ether oxygens (including phenoxy) is 2. The molecule has 5 rings (SSSR count). The average molecular weight is 498 g/mol. The summed E-state index contributed by atoms with van der Waals surface area (Å²) < 4.78 is 49.4. The Labute approximate surface area is 203 Å². The molecule has 186 valence electrons. The van der Waals surface area contributed by atoms with Gasteiger partial charge in [0.15, 0.2) is 11.5 Å². The van der Waals surface area contributed by atoms with Crippen LogP contribution in [0.1, 0.15) is 16.1 Å². The number of aliphatic hydroxyl groups excluding tert-OH is 1. The summed E-state index contributed by atoms with van der Waals surface area (Å²) in [5, 5.41) is 12.5. The molecular formula is C25H21F3N4O4. The number of nitrogens with zero attached hydrogens (tertiary/aromatic N) is 4. The van der Waals surface area contributed by atoms with Gasteiger partial charge in [0.05, 0.1) is 6.54 Å². The summed E-state index contributed by atoms with van der Waals surface area (Å²) in [7, 11) is 3.03. The highest BCUT2D eigenvalue weighted by molar-refractivity contribution is 5.99. The lowest BCUT2D eigenvalue weighted by Crippen LogP contribution is -2.52. The first-order chi connectivity index (χ1) is 17.1. The number of alkyl halides is 3. The molecule has 11 heteroatoms. The Morgan fingerprint density at radius 1 is 0.944 bits per heavy atom. The van der Waals surface area contributed by atoms with Crippen molar-refractivity contribution in [1.29, 1.82) is 0 Å². The fraction of sp³-hybridized carbons (Fsp3) is 0.200. The van der Waals surface area contributed by atoms with Crippen molar-refractivity contribution in [3.8, 4) is 17.5 Å². The van der Waals surface area contributed by atoms with E-state index in [-0.39, 0.29) is 29.8 Å². The average Bonchev–Trinajstić information content (AvgIpc) is 3.18. The number of amides is 1. The minimum atomic E-state index is -4.86. The molecular weight excluding hydrogens is 477 g/mol. The molecule has 1 N–H and O–H groups in total. The molecule has 36 heavy (non-hydrogen) atoms. The number of benzene rings is 3. The Kier molecular flexibility index (Phi) is 5.71. The number of aromatic nitrogens is 2. The molecule has 2 heterocycles. The fourth-order valence-corrected chi connectivity index (χ4v) is 4.10. The molecule has 0 saturated carbocycles. The number of hydrogen-bond donors (Lipinski definition) is 1. The van der Waals surface area contributed by atoms with E-state index in [1.54, 1.807) is 7.05 Å². The van der Waals surface area contributed by atoms with Crippen molar-refractivity contribution in [3.05, 3.63) is 78.0 Å². The van der Waals surface area contributed by atoms with Crippen molar-refractivity contribution < 1.29 is 32.5 Å². The molecule has 0 aliphatic carbocycles. The summed E-state index contributed by atoms with van der Waals surface area (Å²) >= 11 is 0. The van der Waals surface area contributed by atoms with Crippen LogP contribution < -0.4 is 14.4 Å². The third kappa shape index (κ3) is 4.40. The number of fused-ring (bicyclic) bond motifs is 2. The predicted octanol–water partition coefficient (Wildman–Crippen LogP) is 4.57. The highest BCUT2D eigenvalue weighted by Crippen LogP contribution is 2.35. The van der Waals surface area contributed by atoms with Crippen LogP contribution in [-0.4, -0.2) is 52.3 Å². The fourth-order valence-electron chi connectivity index (χ4n) is 4.10. The molecule has 8 nitrogen and oxygen atoms in total. The van der Waals surface area contributed by atoms with Crippen LogP contribution in [0.25, 0.3) is 10.8 Å². The van der Waals surface area contributed by atoms with Crippen molar-refractivity contribution in [2.75, 3.05) is 19.0 Å². The van der Waals surface area contributed by atoms with E-state index in [2.05, 4.69) is 9.72 Å². The second-order valence-corrected chi connectivity index (χ2v) is 8.33. The lowest BCUT2D eigenvalue weighted by Gasteiger charge is -2.36. The molecule has 0 saturated heterocycles. The number of halogens is 3. The largest absolute Gasteiger partial charge is 0.573 e. The SMILES string of the molecule is CN1C(=O)c2c(nc(Oc3cccc(OC(F)(F)F)c3)n2Cc2ccc3ccccc3c2)N(C)C1O. The first-order valence-electron chi connectivity index (χ1n) is 10.9. The topological polar surface area (TPSA) is 80.1 Å². The Bertz CT molecular complexity index is 1450. The molecule has 1 atom stereocenters. The second kappa shape index (κ2) is 8.76. The minimum Gasteiger partial charge on any atom is -0.425 e. The van der Waals surface area contributed by atoms with E-state index in [4.69, 9.17) is 4.74 Å². The number of carbonyl (C=O) groups is 1. The lowest BCUT2D eigenvalue weighted by molar-refractivity contribution is -0.274. The van der Waals surface area contributed by atoms with Gasteiger partial charge in [-0.25, -0.2) is 0 Å². The van der Waals surface area contributed by atoms with E-state index in [9.17, 15) is 23.1 Å². The van der Waals surface area contributed by atoms with E-state index >= 15 is 0 Å². The summed E-state index contributed by atoms with van der Waals surface area (Å²) in [5.41, 5.74) is 1.02. The van der Waals surface area contributed by atoms with Crippen LogP contribution >= 0.6 is 0 Å². The Morgan fingerprint density at radius 2 is 1.67 bits per heavy atom. The zero-order chi connectivity index (χ0) is 25.6. The maximum absolute atomic E-state index is 13.2. The number of aliphatic hydroxyl groups is 1. The third-order valence-electron chi connectivity index (χ3n) is 5.87. The molecule has 0 bridgehead atoms. The number of imidazole rings is 1. The number of rotatable bonds is 5. The molecule has 1 aromatic heterocycles. The zero-order valence-corrected chi connectivity index (χ0v) is 19.2. The van der Waals surface area contributed by atoms with Crippen LogP contribution in [0, 0.1) is 0 Å². The molecule has 0 fully saturated rings. The van der Waals surface area contributed by atoms with Crippen LogP contribution in [0.15, 0.2) is 66.7 Å². The van der Waals surface area contributed by atoms with E-state index < -0.39 is 24.4 Å². The smallest absolute Gasteiger partial charge is 0.425 e. The molecule has 3 aromatic carbocycles. The van der Waals surface area contributed by atoms with Crippen LogP contribution in [0.3, 0.4) is 0 Å². The quantitative estimate of drug-likeness (QED) is 0.434. The lowest BCUT2D eigenvalue weighted by atomic mass is 10.1. The molecule has 1 aliphatic heterocycles. The van der Waals surface area contributed by atoms with Crippen LogP contribution in [0.4, 0.5) is 19.0 Å². The van der Waals surface area contributed by atoms with Gasteiger partial charge in [-0.15, -0.1) is 13.2 Å². The van der Waals surface area contributed by atoms with Gasteiger partial charge in [0, 0.05) is 20.2 Å². The van der Waals surface area contributed by atoms with Gasteiger partial charge < -0.3 is 19.5 Å². The van der Waals surface area contributed by atoms with E-state index in [1.807, 2.05) is 42.5 Å². The summed E-state index contributed by atoms with van der Waals surface area (Å²) in [5.74, 6) is -0.722. The van der Waals surface area contributed by atoms with Gasteiger partial charge in [-0.3, -0.25) is 14.3 Å². The number of anilines is 1. The third-order valence-corrected chi connectivity index (χ3v) is 5.87. The monoisotopic (exact) mass is 498 g/mol. The van der Waals surface area contributed by atoms with Gasteiger partial charge >= 0.3 is 12.4 Å². The number of hydrogen-bond acceptors (Lipinski definition) is 6. The maximum atomic E-state index is 13.2. The van der Waals surface area contributed by atoms with E-state index in [0.717, 1.165) is 33.4 Å². The second-order valence-electron chi connectivity index (χ2n) is 8.33. The van der Waals surface area contributed by atoms with E-state index in [1.165, 1.54) is 28.6 Å². The summed E-state index contributed by atoms with van der Waals surface area (Å²) in [4.78, 5) is 20.1. The van der Waals surface area contributed by atoms with Gasteiger partial charge in [-0.05, 0) is 34.5 Å². The van der Waals surface area contributed by atoms with Gasteiger partial charge in [0.1, 0.15) is 11.5 Å². The molecule has 1 amide bonds. The van der Waals surface area contributed by atoms with Crippen LogP contribution in [0.5, 0.6) is 17.5 Å². The number of carbonyl (C=O) groups excluding carboxylic acids is 1.